The van der Waals surface area contributed by atoms with Crippen LogP contribution in [0.25, 0.3) is 0 Å². The van der Waals surface area contributed by atoms with Gasteiger partial charge in [-0.25, -0.2) is 0 Å². The molecule has 0 aromatic heterocycles. The number of carbonyl (C=O) groups is 3. The molecule has 416 valence electrons. The van der Waals surface area contributed by atoms with E-state index in [0.29, 0.717) is 23.9 Å². The standard InChI is InChI=1S/C66H99NO8/c1-6-8-10-12-14-16-18-20-22-24-26-27-28-29-30-31-32-33-34-35-36-37-39-41-43-45-47-49-51-53-55-57-64(69)75-62(61-74-66(65(70)71)72-59-58-67(3,4)5)60-73-63(68)56-54-52-50-48-46-44-42-40-38-25-23-21-19-17-15-13-11-9-7-2/h8-11,14-17,20-23,26-27,29-30,32-33,35-36,38-41,44-47,50,52,62,66H,6-7,12-13,18-19,24-25,28,31,34,37,42-43,48-49,51,53-61H2,1-5H3/b10-8-,11-9-,16-14-,17-15-,22-20-,23-21-,27-26-,30-29-,33-32-,36-35-,40-38-,41-39-,46-44-,47-45-,52-50-. The minimum Gasteiger partial charge on any atom is -0.545 e. The highest BCUT2D eigenvalue weighted by Gasteiger charge is 2.21. The largest absolute Gasteiger partial charge is 0.545 e. The molecule has 0 aromatic carbocycles. The maximum atomic E-state index is 12.8. The number of aliphatic carboxylic acids is 1. The molecule has 0 amide bonds. The molecular formula is C66H99NO8. The maximum absolute atomic E-state index is 12.8. The molecule has 9 heteroatoms. The van der Waals surface area contributed by atoms with Gasteiger partial charge in [-0.3, -0.25) is 9.59 Å². The summed E-state index contributed by atoms with van der Waals surface area (Å²) in [5.41, 5.74) is 0. The Labute approximate surface area is 456 Å². The Morgan fingerprint density at radius 3 is 1.09 bits per heavy atom. The molecule has 75 heavy (non-hydrogen) atoms. The lowest BCUT2D eigenvalue weighted by atomic mass is 10.1. The molecule has 0 bridgehead atoms. The zero-order valence-corrected chi connectivity index (χ0v) is 47.1. The van der Waals surface area contributed by atoms with Crippen molar-refractivity contribution in [3.63, 3.8) is 0 Å². The zero-order valence-electron chi connectivity index (χ0n) is 47.1. The Balaban J connectivity index is 4.49. The van der Waals surface area contributed by atoms with Crippen LogP contribution in [0.1, 0.15) is 155 Å². The van der Waals surface area contributed by atoms with E-state index in [4.69, 9.17) is 18.9 Å². The van der Waals surface area contributed by atoms with Gasteiger partial charge in [0.25, 0.3) is 0 Å². The number of unbranched alkanes of at least 4 members (excludes halogenated alkanes) is 3. The molecular weight excluding hydrogens is 935 g/mol. The molecule has 0 rings (SSSR count). The van der Waals surface area contributed by atoms with E-state index in [-0.39, 0.29) is 32.7 Å². The monoisotopic (exact) mass is 1030 g/mol. The highest BCUT2D eigenvalue weighted by molar-refractivity contribution is 5.70. The Hall–Kier alpha value is -5.61. The van der Waals surface area contributed by atoms with Crippen molar-refractivity contribution in [1.82, 2.24) is 0 Å². The molecule has 9 nitrogen and oxygen atoms in total. The van der Waals surface area contributed by atoms with Crippen molar-refractivity contribution in [3.8, 4) is 0 Å². The summed E-state index contributed by atoms with van der Waals surface area (Å²) in [5.74, 6) is -2.47. The normalized spacial score (nSPS) is 14.2. The minimum atomic E-state index is -1.66. The van der Waals surface area contributed by atoms with Crippen LogP contribution in [-0.4, -0.2) is 82.3 Å². The van der Waals surface area contributed by atoms with Crippen molar-refractivity contribution in [3.05, 3.63) is 182 Å². The summed E-state index contributed by atoms with van der Waals surface area (Å²) in [7, 11) is 5.86. The lowest BCUT2D eigenvalue weighted by molar-refractivity contribution is -0.870. The number of carboxylic acids is 1. The lowest BCUT2D eigenvalue weighted by Crippen LogP contribution is -2.44. The van der Waals surface area contributed by atoms with E-state index in [0.717, 1.165) is 116 Å². The van der Waals surface area contributed by atoms with Crippen molar-refractivity contribution < 1.29 is 42.9 Å². The van der Waals surface area contributed by atoms with Crippen LogP contribution in [0.4, 0.5) is 0 Å². The first-order valence-corrected chi connectivity index (χ1v) is 27.9. The van der Waals surface area contributed by atoms with Gasteiger partial charge in [-0.15, -0.1) is 0 Å². The maximum Gasteiger partial charge on any atom is 0.306 e. The number of nitrogens with zero attached hydrogens (tertiary/aromatic N) is 1. The quantitative estimate of drug-likeness (QED) is 0.0195. The summed E-state index contributed by atoms with van der Waals surface area (Å²) in [6.45, 7) is 4.34. The van der Waals surface area contributed by atoms with Gasteiger partial charge in [-0.1, -0.05) is 203 Å². The van der Waals surface area contributed by atoms with Crippen LogP contribution in [0.5, 0.6) is 0 Å². The molecule has 0 aliphatic carbocycles. The van der Waals surface area contributed by atoms with E-state index in [2.05, 4.69) is 184 Å². The molecule has 2 atom stereocenters. The third-order valence-electron chi connectivity index (χ3n) is 10.7. The fraction of sp³-hybridized carbons (Fsp3) is 0.500. The molecule has 0 aromatic rings. The number of carbonyl (C=O) groups excluding carboxylic acids is 3. The van der Waals surface area contributed by atoms with Gasteiger partial charge in [0.05, 0.1) is 40.3 Å². The summed E-state index contributed by atoms with van der Waals surface area (Å²) in [4.78, 5) is 37.2. The third-order valence-corrected chi connectivity index (χ3v) is 10.7. The van der Waals surface area contributed by atoms with Crippen LogP contribution in [0, 0.1) is 0 Å². The van der Waals surface area contributed by atoms with Crippen LogP contribution in [0.15, 0.2) is 182 Å². The topological polar surface area (TPSA) is 111 Å². The van der Waals surface area contributed by atoms with Crippen molar-refractivity contribution in [1.29, 1.82) is 0 Å². The van der Waals surface area contributed by atoms with Gasteiger partial charge in [0.1, 0.15) is 13.2 Å². The molecule has 0 fully saturated rings. The van der Waals surface area contributed by atoms with Gasteiger partial charge >= 0.3 is 11.9 Å². The average molecular weight is 1030 g/mol. The van der Waals surface area contributed by atoms with Gasteiger partial charge in [-0.05, 0) is 122 Å². The fourth-order valence-corrected chi connectivity index (χ4v) is 6.43. The summed E-state index contributed by atoms with van der Waals surface area (Å²) >= 11 is 0. The first kappa shape index (κ1) is 69.4. The van der Waals surface area contributed by atoms with Crippen molar-refractivity contribution in [2.24, 2.45) is 0 Å². The second-order valence-electron chi connectivity index (χ2n) is 18.8. The number of quaternary nitrogens is 1. The number of esters is 2. The zero-order chi connectivity index (χ0) is 54.8. The predicted molar refractivity (Wildman–Crippen MR) is 314 cm³/mol. The predicted octanol–water partition coefficient (Wildman–Crippen LogP) is 15.2. The first-order valence-electron chi connectivity index (χ1n) is 27.9. The number of likely N-dealkylation sites (N-methyl/N-ethyl adjacent to an activating group) is 1. The number of ether oxygens (including phenoxy) is 4. The molecule has 0 aliphatic heterocycles. The highest BCUT2D eigenvalue weighted by atomic mass is 16.7. The number of rotatable bonds is 48. The Bertz CT molecular complexity index is 1870. The van der Waals surface area contributed by atoms with E-state index in [1.165, 1.54) is 0 Å². The third kappa shape index (κ3) is 56.0. The summed E-state index contributed by atoms with van der Waals surface area (Å²) in [6.07, 6.45) is 81.0. The van der Waals surface area contributed by atoms with Gasteiger partial charge in [-0.2, -0.15) is 0 Å². The fourth-order valence-electron chi connectivity index (χ4n) is 6.43. The van der Waals surface area contributed by atoms with Crippen LogP contribution in [0.3, 0.4) is 0 Å². The molecule has 2 unspecified atom stereocenters. The Morgan fingerprint density at radius 1 is 0.400 bits per heavy atom. The average Bonchev–Trinajstić information content (AvgIpc) is 3.38. The molecule has 0 saturated heterocycles. The molecule has 0 heterocycles. The van der Waals surface area contributed by atoms with Crippen LogP contribution in [0.2, 0.25) is 0 Å². The van der Waals surface area contributed by atoms with Crippen LogP contribution >= 0.6 is 0 Å². The number of allylic oxidation sites excluding steroid dienone is 30. The highest BCUT2D eigenvalue weighted by Crippen LogP contribution is 2.10. The van der Waals surface area contributed by atoms with Gasteiger partial charge < -0.3 is 33.3 Å². The smallest absolute Gasteiger partial charge is 0.306 e. The van der Waals surface area contributed by atoms with E-state index < -0.39 is 30.3 Å². The van der Waals surface area contributed by atoms with Gasteiger partial charge in [0.2, 0.25) is 0 Å². The molecule has 0 saturated carbocycles. The number of hydrogen-bond acceptors (Lipinski definition) is 8. The first-order chi connectivity index (χ1) is 36.6. The van der Waals surface area contributed by atoms with Gasteiger partial charge in [0.15, 0.2) is 12.4 Å². The van der Waals surface area contributed by atoms with Crippen LogP contribution in [-0.2, 0) is 33.3 Å². The van der Waals surface area contributed by atoms with Crippen molar-refractivity contribution >= 4 is 17.9 Å². The second kappa shape index (κ2) is 54.6. The molecule has 0 spiro atoms. The SMILES string of the molecule is CC/C=C\C/C=C\C/C=C\C/C=C\C/C=C\C/C=C\C/C=C\C/C=C\C/C=C\CCCCCC(=O)OC(COC(=O)CC/C=C\C/C=C\C/C=C\C/C=C\C/C=C\C/C=C\CC)COC(OCC[N+](C)(C)C)C(=O)[O-]. The van der Waals surface area contributed by atoms with Crippen molar-refractivity contribution in [2.45, 2.75) is 167 Å². The molecule has 0 aliphatic rings. The number of carboxylic acid groups (broad SMARTS) is 1. The van der Waals surface area contributed by atoms with E-state index in [1.807, 2.05) is 33.3 Å². The molecule has 0 radical (unpaired) electrons. The second-order valence-corrected chi connectivity index (χ2v) is 18.8. The Kier molecular flexibility index (Phi) is 50.6. The minimum absolute atomic E-state index is 0.118. The Morgan fingerprint density at radius 2 is 0.747 bits per heavy atom. The van der Waals surface area contributed by atoms with Crippen molar-refractivity contribution in [2.75, 3.05) is 47.5 Å². The van der Waals surface area contributed by atoms with E-state index in [9.17, 15) is 19.5 Å². The molecule has 0 N–H and O–H groups in total. The van der Waals surface area contributed by atoms with Gasteiger partial charge in [0, 0.05) is 12.8 Å². The summed E-state index contributed by atoms with van der Waals surface area (Å²) < 4.78 is 22.5. The summed E-state index contributed by atoms with van der Waals surface area (Å²) in [5, 5.41) is 11.8. The number of hydrogen-bond donors (Lipinski definition) is 0. The van der Waals surface area contributed by atoms with Crippen LogP contribution < -0.4 is 5.11 Å². The van der Waals surface area contributed by atoms with E-state index in [1.54, 1.807) is 0 Å². The van der Waals surface area contributed by atoms with E-state index >= 15 is 0 Å². The summed E-state index contributed by atoms with van der Waals surface area (Å²) in [6, 6.07) is 0. The lowest BCUT2D eigenvalue weighted by Gasteiger charge is -2.26.